The molecule has 110 valence electrons. The highest BCUT2D eigenvalue weighted by atomic mass is 35.5. The van der Waals surface area contributed by atoms with E-state index in [2.05, 4.69) is 30.1 Å². The van der Waals surface area contributed by atoms with Crippen LogP contribution in [0.1, 0.15) is 20.3 Å². The molecule has 0 amide bonds. The van der Waals surface area contributed by atoms with Crippen molar-refractivity contribution in [1.82, 2.24) is 0 Å². The molecule has 3 atom stereocenters. The first kappa shape index (κ1) is 14.0. The third-order valence-electron chi connectivity index (χ3n) is 4.85. The predicted molar refractivity (Wildman–Crippen MR) is 84.8 cm³/mol. The maximum absolute atomic E-state index is 6.35. The lowest BCUT2D eigenvalue weighted by molar-refractivity contribution is -0.0922. The zero-order chi connectivity index (χ0) is 14.5. The van der Waals surface area contributed by atoms with Gasteiger partial charge in [0.1, 0.15) is 0 Å². The molecule has 1 N–H and O–H groups in total. The van der Waals surface area contributed by atoms with Crippen molar-refractivity contribution in [3.05, 3.63) is 23.2 Å². The average molecular weight is 295 g/mol. The van der Waals surface area contributed by atoms with Gasteiger partial charge in [-0.25, -0.2) is 0 Å². The van der Waals surface area contributed by atoms with Gasteiger partial charge in [-0.15, -0.1) is 0 Å². The summed E-state index contributed by atoms with van der Waals surface area (Å²) in [6.45, 7) is 5.47. The molecule has 0 spiro atoms. The van der Waals surface area contributed by atoms with Gasteiger partial charge in [0.25, 0.3) is 0 Å². The van der Waals surface area contributed by atoms with Gasteiger partial charge in [0, 0.05) is 38.1 Å². The van der Waals surface area contributed by atoms with Gasteiger partial charge in [-0.3, -0.25) is 0 Å². The molecule has 1 aliphatic carbocycles. The summed E-state index contributed by atoms with van der Waals surface area (Å²) < 4.78 is 5.86. The van der Waals surface area contributed by atoms with Crippen molar-refractivity contribution in [3.63, 3.8) is 0 Å². The Balaban J connectivity index is 1.87. The number of ether oxygens (including phenoxy) is 1. The van der Waals surface area contributed by atoms with Crippen LogP contribution in [0, 0.1) is 11.3 Å². The van der Waals surface area contributed by atoms with Crippen molar-refractivity contribution >= 4 is 23.0 Å². The van der Waals surface area contributed by atoms with Crippen molar-refractivity contribution in [3.8, 4) is 0 Å². The molecule has 20 heavy (non-hydrogen) atoms. The summed E-state index contributed by atoms with van der Waals surface area (Å²) in [6, 6.07) is 6.51. The molecule has 3 rings (SSSR count). The van der Waals surface area contributed by atoms with Gasteiger partial charge in [0.05, 0.1) is 22.5 Å². The van der Waals surface area contributed by atoms with Crippen LogP contribution in [0.4, 0.5) is 11.4 Å². The van der Waals surface area contributed by atoms with E-state index < -0.39 is 0 Å². The van der Waals surface area contributed by atoms with Gasteiger partial charge in [-0.05, 0) is 18.6 Å². The number of para-hydroxylation sites is 1. The second-order valence-corrected chi connectivity index (χ2v) is 7.12. The van der Waals surface area contributed by atoms with Crippen molar-refractivity contribution in [2.24, 2.45) is 11.3 Å². The van der Waals surface area contributed by atoms with Crippen molar-refractivity contribution in [2.45, 2.75) is 32.4 Å². The molecule has 0 bridgehead atoms. The SMILES string of the molecule is CN(C)c1c(Cl)cccc1NC1C2CCOC2C1(C)C. The van der Waals surface area contributed by atoms with Crippen LogP contribution in [0.3, 0.4) is 0 Å². The van der Waals surface area contributed by atoms with Gasteiger partial charge in [0.15, 0.2) is 0 Å². The quantitative estimate of drug-likeness (QED) is 0.921. The summed E-state index contributed by atoms with van der Waals surface area (Å²) in [6.07, 6.45) is 1.56. The Labute approximate surface area is 126 Å². The predicted octanol–water partition coefficient (Wildman–Crippen LogP) is 3.63. The van der Waals surface area contributed by atoms with Crippen LogP contribution in [0.2, 0.25) is 5.02 Å². The van der Waals surface area contributed by atoms with Gasteiger partial charge in [0.2, 0.25) is 0 Å². The van der Waals surface area contributed by atoms with Crippen LogP contribution in [0.15, 0.2) is 18.2 Å². The summed E-state index contributed by atoms with van der Waals surface area (Å²) >= 11 is 6.35. The van der Waals surface area contributed by atoms with E-state index in [1.807, 2.05) is 26.2 Å². The topological polar surface area (TPSA) is 24.5 Å². The highest BCUT2D eigenvalue weighted by Crippen LogP contribution is 2.53. The van der Waals surface area contributed by atoms with E-state index in [1.54, 1.807) is 0 Å². The normalized spacial score (nSPS) is 30.6. The second kappa shape index (κ2) is 4.81. The number of rotatable bonds is 3. The first-order chi connectivity index (χ1) is 9.43. The smallest absolute Gasteiger partial charge is 0.0786 e. The van der Waals surface area contributed by atoms with Crippen molar-refractivity contribution < 1.29 is 4.74 Å². The standard InChI is InChI=1S/C16H23ClN2O/c1-16(2)14(10-8-9-20-15(10)16)18-12-7-5-6-11(17)13(12)19(3)4/h5-7,10,14-15,18H,8-9H2,1-4H3. The molecule has 1 saturated carbocycles. The number of anilines is 2. The molecular weight excluding hydrogens is 272 g/mol. The van der Waals surface area contributed by atoms with Gasteiger partial charge >= 0.3 is 0 Å². The Bertz CT molecular complexity index is 515. The minimum Gasteiger partial charge on any atom is -0.380 e. The Morgan fingerprint density at radius 1 is 1.35 bits per heavy atom. The average Bonchev–Trinajstić information content (AvgIpc) is 2.82. The molecule has 0 aromatic heterocycles. The summed E-state index contributed by atoms with van der Waals surface area (Å²) in [5.74, 6) is 0.624. The second-order valence-electron chi connectivity index (χ2n) is 6.72. The van der Waals surface area contributed by atoms with Gasteiger partial charge < -0.3 is 15.0 Å². The largest absolute Gasteiger partial charge is 0.380 e. The lowest BCUT2D eigenvalue weighted by Crippen LogP contribution is -2.63. The van der Waals surface area contributed by atoms with E-state index in [9.17, 15) is 0 Å². The highest BCUT2D eigenvalue weighted by Gasteiger charge is 2.59. The number of benzene rings is 1. The molecule has 1 heterocycles. The van der Waals surface area contributed by atoms with Crippen LogP contribution in [-0.4, -0.2) is 32.8 Å². The summed E-state index contributed by atoms with van der Waals surface area (Å²) in [7, 11) is 4.06. The molecule has 4 heteroatoms. The molecule has 2 aliphatic rings. The Kier molecular flexibility index (Phi) is 3.38. The number of hydrogen-bond acceptors (Lipinski definition) is 3. The number of nitrogens with one attached hydrogen (secondary N) is 1. The maximum atomic E-state index is 6.35. The first-order valence-electron chi connectivity index (χ1n) is 7.27. The molecule has 2 fully saturated rings. The van der Waals surface area contributed by atoms with Crippen LogP contribution in [0.5, 0.6) is 0 Å². The molecule has 3 unspecified atom stereocenters. The molecule has 1 aromatic rings. The third kappa shape index (κ3) is 1.99. The third-order valence-corrected chi connectivity index (χ3v) is 5.15. The van der Waals surface area contributed by atoms with Crippen LogP contribution < -0.4 is 10.2 Å². The van der Waals surface area contributed by atoms with Crippen LogP contribution >= 0.6 is 11.6 Å². The van der Waals surface area contributed by atoms with Gasteiger partial charge in [-0.2, -0.15) is 0 Å². The van der Waals surface area contributed by atoms with E-state index in [1.165, 1.54) is 0 Å². The Hall–Kier alpha value is -0.930. The summed E-state index contributed by atoms with van der Waals surface area (Å²) in [5, 5.41) is 4.51. The van der Waals surface area contributed by atoms with Crippen molar-refractivity contribution in [2.75, 3.05) is 30.9 Å². The minimum atomic E-state index is 0.174. The zero-order valence-electron chi connectivity index (χ0n) is 12.6. The fourth-order valence-corrected chi connectivity index (χ4v) is 4.21. The fraction of sp³-hybridized carbons (Fsp3) is 0.625. The monoisotopic (exact) mass is 294 g/mol. The number of hydrogen-bond donors (Lipinski definition) is 1. The lowest BCUT2D eigenvalue weighted by Gasteiger charge is -2.55. The number of halogens is 1. The maximum Gasteiger partial charge on any atom is 0.0786 e. The zero-order valence-corrected chi connectivity index (χ0v) is 13.4. The summed E-state index contributed by atoms with van der Waals surface area (Å²) in [5.41, 5.74) is 2.35. The molecule has 1 aliphatic heterocycles. The fourth-order valence-electron chi connectivity index (χ4n) is 3.87. The van der Waals surface area contributed by atoms with Crippen LogP contribution in [-0.2, 0) is 4.74 Å². The number of nitrogens with zero attached hydrogens (tertiary/aromatic N) is 1. The van der Waals surface area contributed by atoms with E-state index in [4.69, 9.17) is 16.3 Å². The van der Waals surface area contributed by atoms with Crippen LogP contribution in [0.25, 0.3) is 0 Å². The molecule has 1 saturated heterocycles. The van der Waals surface area contributed by atoms with E-state index in [0.717, 1.165) is 29.4 Å². The summed E-state index contributed by atoms with van der Waals surface area (Å²) in [4.78, 5) is 2.07. The van der Waals surface area contributed by atoms with E-state index >= 15 is 0 Å². The van der Waals surface area contributed by atoms with E-state index in [-0.39, 0.29) is 5.41 Å². The molecule has 0 radical (unpaired) electrons. The Morgan fingerprint density at radius 3 is 2.80 bits per heavy atom. The number of fused-ring (bicyclic) bond motifs is 1. The molecular formula is C16H23ClN2O. The highest BCUT2D eigenvalue weighted by molar-refractivity contribution is 6.34. The lowest BCUT2D eigenvalue weighted by atomic mass is 9.57. The first-order valence-corrected chi connectivity index (χ1v) is 7.64. The van der Waals surface area contributed by atoms with Crippen molar-refractivity contribution in [1.29, 1.82) is 0 Å². The van der Waals surface area contributed by atoms with Gasteiger partial charge in [-0.1, -0.05) is 31.5 Å². The minimum absolute atomic E-state index is 0.174. The Morgan fingerprint density at radius 2 is 2.10 bits per heavy atom. The van der Waals surface area contributed by atoms with E-state index in [0.29, 0.717) is 18.1 Å². The molecule has 1 aromatic carbocycles. The molecule has 3 nitrogen and oxygen atoms in total.